The second kappa shape index (κ2) is 7.98. The molecular formula is C25H41N3O5. The molecule has 3 rings (SSSR count). The molecule has 186 valence electrons. The average molecular weight is 464 g/mol. The Bertz CT molecular complexity index is 832. The zero-order chi connectivity index (χ0) is 25.1. The van der Waals surface area contributed by atoms with Crippen molar-refractivity contribution in [2.75, 3.05) is 6.54 Å². The summed E-state index contributed by atoms with van der Waals surface area (Å²) >= 11 is 0. The summed E-state index contributed by atoms with van der Waals surface area (Å²) in [7, 11) is 0. The van der Waals surface area contributed by atoms with Gasteiger partial charge in [0.1, 0.15) is 24.0 Å². The molecule has 0 spiro atoms. The predicted octanol–water partition coefficient (Wildman–Crippen LogP) is 2.89. The van der Waals surface area contributed by atoms with Gasteiger partial charge in [-0.25, -0.2) is 4.79 Å². The van der Waals surface area contributed by atoms with Gasteiger partial charge < -0.3 is 25.1 Å². The van der Waals surface area contributed by atoms with Crippen LogP contribution in [0.2, 0.25) is 0 Å². The van der Waals surface area contributed by atoms with E-state index in [-0.39, 0.29) is 29.1 Å². The van der Waals surface area contributed by atoms with E-state index in [9.17, 15) is 19.2 Å². The van der Waals surface area contributed by atoms with Crippen molar-refractivity contribution in [3.63, 3.8) is 0 Å². The molecule has 8 nitrogen and oxygen atoms in total. The summed E-state index contributed by atoms with van der Waals surface area (Å²) in [4.78, 5) is 53.1. The van der Waals surface area contributed by atoms with Crippen molar-refractivity contribution < 1.29 is 23.9 Å². The van der Waals surface area contributed by atoms with Gasteiger partial charge in [-0.1, -0.05) is 41.5 Å². The number of carbonyl (C=O) groups excluding carboxylic acids is 4. The monoisotopic (exact) mass is 463 g/mol. The number of rotatable bonds is 5. The Morgan fingerprint density at radius 3 is 2.12 bits per heavy atom. The van der Waals surface area contributed by atoms with Gasteiger partial charge >= 0.3 is 6.09 Å². The first-order chi connectivity index (χ1) is 14.9. The Kier molecular flexibility index (Phi) is 6.17. The summed E-state index contributed by atoms with van der Waals surface area (Å²) in [5.74, 6) is 0.0610. The number of carbonyl (C=O) groups is 4. The molecule has 3 amide bonds. The average Bonchev–Trinajstić information content (AvgIpc) is 2.98. The summed E-state index contributed by atoms with van der Waals surface area (Å²) in [6.45, 7) is 17.7. The molecule has 3 aliphatic rings. The van der Waals surface area contributed by atoms with E-state index in [1.54, 1.807) is 25.7 Å². The number of aldehydes is 1. The van der Waals surface area contributed by atoms with Gasteiger partial charge in [-0.2, -0.15) is 0 Å². The topological polar surface area (TPSA) is 105 Å². The Balaban J connectivity index is 1.82. The Labute approximate surface area is 197 Å². The van der Waals surface area contributed by atoms with Crippen LogP contribution in [0.4, 0.5) is 4.79 Å². The molecular weight excluding hydrogens is 422 g/mol. The van der Waals surface area contributed by atoms with Gasteiger partial charge in [0, 0.05) is 6.54 Å². The molecule has 33 heavy (non-hydrogen) atoms. The second-order valence-electron chi connectivity index (χ2n) is 13.1. The van der Waals surface area contributed by atoms with Crippen LogP contribution in [-0.2, 0) is 19.1 Å². The fourth-order valence-corrected chi connectivity index (χ4v) is 5.78. The van der Waals surface area contributed by atoms with Crippen LogP contribution in [0.3, 0.4) is 0 Å². The lowest BCUT2D eigenvalue weighted by Crippen LogP contribution is -2.64. The number of nitrogens with one attached hydrogen (secondary N) is 2. The molecule has 0 aromatic carbocycles. The summed E-state index contributed by atoms with van der Waals surface area (Å²) in [6, 6.07) is -1.51. The third-order valence-corrected chi connectivity index (χ3v) is 7.56. The molecule has 2 aliphatic carbocycles. The van der Waals surface area contributed by atoms with Crippen LogP contribution in [-0.4, -0.2) is 58.9 Å². The van der Waals surface area contributed by atoms with Crippen molar-refractivity contribution in [2.45, 2.75) is 98.4 Å². The molecule has 0 aromatic rings. The minimum absolute atomic E-state index is 0.0322. The van der Waals surface area contributed by atoms with Crippen molar-refractivity contribution in [3.8, 4) is 0 Å². The molecule has 1 heterocycles. The van der Waals surface area contributed by atoms with Gasteiger partial charge in [0.05, 0.1) is 5.54 Å². The molecule has 1 saturated heterocycles. The van der Waals surface area contributed by atoms with Crippen LogP contribution in [0, 0.1) is 28.6 Å². The summed E-state index contributed by atoms with van der Waals surface area (Å²) in [6.07, 6.45) is 1.41. The third-order valence-electron chi connectivity index (χ3n) is 7.56. The molecule has 2 saturated carbocycles. The van der Waals surface area contributed by atoms with Crippen molar-refractivity contribution in [1.82, 2.24) is 15.5 Å². The number of ether oxygens (including phenoxy) is 1. The second-order valence-corrected chi connectivity index (χ2v) is 13.1. The predicted molar refractivity (Wildman–Crippen MR) is 124 cm³/mol. The first-order valence-corrected chi connectivity index (χ1v) is 12.0. The van der Waals surface area contributed by atoms with Gasteiger partial charge in [-0.05, 0) is 62.2 Å². The molecule has 0 aromatic heterocycles. The molecule has 0 bridgehead atoms. The highest BCUT2D eigenvalue weighted by molar-refractivity contribution is 5.94. The molecule has 3 fully saturated rings. The maximum absolute atomic E-state index is 13.8. The summed E-state index contributed by atoms with van der Waals surface area (Å²) < 4.78 is 5.39. The fourth-order valence-electron chi connectivity index (χ4n) is 5.78. The van der Waals surface area contributed by atoms with E-state index in [1.165, 1.54) is 0 Å². The van der Waals surface area contributed by atoms with Crippen molar-refractivity contribution in [3.05, 3.63) is 0 Å². The van der Waals surface area contributed by atoms with Crippen LogP contribution in [0.15, 0.2) is 0 Å². The minimum Gasteiger partial charge on any atom is -0.444 e. The van der Waals surface area contributed by atoms with Gasteiger partial charge in [0.15, 0.2) is 0 Å². The maximum atomic E-state index is 13.8. The molecule has 4 atom stereocenters. The normalized spacial score (nSPS) is 33.3. The van der Waals surface area contributed by atoms with E-state index in [1.807, 2.05) is 20.8 Å². The van der Waals surface area contributed by atoms with Crippen LogP contribution < -0.4 is 10.6 Å². The first-order valence-electron chi connectivity index (χ1n) is 12.0. The lowest BCUT2D eigenvalue weighted by Gasteiger charge is -2.44. The summed E-state index contributed by atoms with van der Waals surface area (Å²) in [5, 5.41) is 5.72. The largest absolute Gasteiger partial charge is 0.444 e. The molecule has 0 radical (unpaired) electrons. The molecule has 4 unspecified atom stereocenters. The number of likely N-dealkylation sites (tertiary alicyclic amines) is 1. The highest BCUT2D eigenvalue weighted by atomic mass is 16.6. The zero-order valence-electron chi connectivity index (χ0n) is 21.6. The minimum atomic E-state index is -0.855. The summed E-state index contributed by atoms with van der Waals surface area (Å²) in [5.41, 5.74) is -2.17. The van der Waals surface area contributed by atoms with Crippen molar-refractivity contribution >= 4 is 24.2 Å². The van der Waals surface area contributed by atoms with Gasteiger partial charge in [0.2, 0.25) is 11.8 Å². The van der Waals surface area contributed by atoms with E-state index in [0.29, 0.717) is 25.3 Å². The number of hydrogen-bond donors (Lipinski definition) is 2. The van der Waals surface area contributed by atoms with Gasteiger partial charge in [-0.3, -0.25) is 9.59 Å². The number of nitrogens with zero attached hydrogens (tertiary/aromatic N) is 1. The standard InChI is InChI=1S/C25H41N3O5/c1-14-10-25(11-14,13-29)27-19(30)17-16-15(24(16,8)9)12-28(17)20(31)18(22(2,3)4)26-21(32)33-23(5,6)7/h13-18H,10-12H2,1-9H3,(H,26,32)(H,27,30). The number of piperidine rings is 1. The fraction of sp³-hybridized carbons (Fsp3) is 0.840. The highest BCUT2D eigenvalue weighted by Gasteiger charge is 2.70. The van der Waals surface area contributed by atoms with Crippen molar-refractivity contribution in [1.29, 1.82) is 0 Å². The maximum Gasteiger partial charge on any atom is 0.408 e. The highest BCUT2D eigenvalue weighted by Crippen LogP contribution is 2.65. The molecule has 8 heteroatoms. The van der Waals surface area contributed by atoms with Crippen LogP contribution in [0.5, 0.6) is 0 Å². The lowest BCUT2D eigenvalue weighted by molar-refractivity contribution is -0.145. The number of fused-ring (bicyclic) bond motifs is 1. The van der Waals surface area contributed by atoms with Gasteiger partial charge in [0.25, 0.3) is 0 Å². The zero-order valence-corrected chi connectivity index (χ0v) is 21.6. The van der Waals surface area contributed by atoms with E-state index in [0.717, 1.165) is 6.29 Å². The SMILES string of the molecule is CC1CC(C=O)(NC(=O)C2C3C(CN2C(=O)C(NC(=O)OC(C)(C)C)C(C)(C)C)C3(C)C)C1. The van der Waals surface area contributed by atoms with Crippen molar-refractivity contribution in [2.24, 2.45) is 28.6 Å². The van der Waals surface area contributed by atoms with Crippen LogP contribution in [0.1, 0.15) is 75.2 Å². The Morgan fingerprint density at radius 1 is 1.09 bits per heavy atom. The van der Waals surface area contributed by atoms with E-state index < -0.39 is 34.7 Å². The van der Waals surface area contributed by atoms with E-state index >= 15 is 0 Å². The smallest absolute Gasteiger partial charge is 0.408 e. The number of alkyl carbamates (subject to hydrolysis) is 1. The number of amides is 3. The van der Waals surface area contributed by atoms with Crippen LogP contribution in [0.25, 0.3) is 0 Å². The molecule has 1 aliphatic heterocycles. The van der Waals surface area contributed by atoms with Gasteiger partial charge in [-0.15, -0.1) is 0 Å². The van der Waals surface area contributed by atoms with Crippen LogP contribution >= 0.6 is 0 Å². The lowest BCUT2D eigenvalue weighted by atomic mass is 9.70. The quantitative estimate of drug-likeness (QED) is 0.610. The third kappa shape index (κ3) is 4.90. The Hall–Kier alpha value is -2.12. The number of hydrogen-bond acceptors (Lipinski definition) is 5. The van der Waals surface area contributed by atoms with E-state index in [2.05, 4.69) is 31.4 Å². The Morgan fingerprint density at radius 2 is 1.67 bits per heavy atom. The first kappa shape index (κ1) is 25.5. The van der Waals surface area contributed by atoms with E-state index in [4.69, 9.17) is 4.74 Å². The molecule has 2 N–H and O–H groups in total.